The van der Waals surface area contributed by atoms with Gasteiger partial charge >= 0.3 is 5.97 Å². The van der Waals surface area contributed by atoms with E-state index in [2.05, 4.69) is 18.8 Å². The first-order valence-corrected chi connectivity index (χ1v) is 7.72. The Labute approximate surface area is 131 Å². The highest BCUT2D eigenvalue weighted by molar-refractivity contribution is 5.78. The molecule has 120 valence electrons. The summed E-state index contributed by atoms with van der Waals surface area (Å²) in [5.41, 5.74) is 1.88. The van der Waals surface area contributed by atoms with Gasteiger partial charge in [0.1, 0.15) is 12.4 Å². The third-order valence-electron chi connectivity index (χ3n) is 3.44. The Bertz CT molecular complexity index is 632. The molecule has 2 rings (SSSR count). The maximum absolute atomic E-state index is 12.1. The molecule has 0 amide bonds. The van der Waals surface area contributed by atoms with Crippen molar-refractivity contribution in [2.75, 3.05) is 20.7 Å². The van der Waals surface area contributed by atoms with E-state index in [1.54, 1.807) is 0 Å². The minimum Gasteiger partial charge on any atom is -0.464 e. The number of hydrogen-bond donors (Lipinski definition) is 0. The highest BCUT2D eigenvalue weighted by Crippen LogP contribution is 2.17. The Morgan fingerprint density at radius 3 is 2.73 bits per heavy atom. The van der Waals surface area contributed by atoms with Crippen LogP contribution in [0.5, 0.6) is 0 Å². The molecule has 0 N–H and O–H groups in total. The molecule has 1 aromatic carbocycles. The van der Waals surface area contributed by atoms with E-state index in [-0.39, 0.29) is 12.5 Å². The van der Waals surface area contributed by atoms with E-state index >= 15 is 0 Å². The minimum absolute atomic E-state index is 0.205. The summed E-state index contributed by atoms with van der Waals surface area (Å²) in [5, 5.41) is 0. The number of imidazole rings is 1. The molecular weight excluding hydrogens is 278 g/mol. The van der Waals surface area contributed by atoms with E-state index in [0.717, 1.165) is 23.3 Å². The van der Waals surface area contributed by atoms with Crippen LogP contribution in [-0.2, 0) is 22.6 Å². The second-order valence-corrected chi connectivity index (χ2v) is 6.24. The van der Waals surface area contributed by atoms with Crippen LogP contribution in [0.2, 0.25) is 0 Å². The zero-order valence-corrected chi connectivity index (χ0v) is 13.9. The molecule has 1 heterocycles. The Balaban J connectivity index is 2.15. The van der Waals surface area contributed by atoms with E-state index < -0.39 is 0 Å². The molecule has 5 nitrogen and oxygen atoms in total. The van der Waals surface area contributed by atoms with Gasteiger partial charge in [0.2, 0.25) is 0 Å². The van der Waals surface area contributed by atoms with Crippen molar-refractivity contribution < 1.29 is 9.53 Å². The molecule has 2 aromatic rings. The topological polar surface area (TPSA) is 47.4 Å². The van der Waals surface area contributed by atoms with Crippen molar-refractivity contribution in [2.45, 2.75) is 33.4 Å². The smallest absolute Gasteiger partial charge is 0.326 e. The molecule has 1 aromatic heterocycles. The van der Waals surface area contributed by atoms with Gasteiger partial charge in [-0.2, -0.15) is 0 Å². The van der Waals surface area contributed by atoms with Crippen LogP contribution < -0.4 is 0 Å². The summed E-state index contributed by atoms with van der Waals surface area (Å²) in [6, 6.07) is 7.88. The fraction of sp³-hybridized carbons (Fsp3) is 0.529. The van der Waals surface area contributed by atoms with Crippen molar-refractivity contribution in [3.05, 3.63) is 30.1 Å². The zero-order valence-electron chi connectivity index (χ0n) is 13.9. The summed E-state index contributed by atoms with van der Waals surface area (Å²) in [5.74, 6) is 1.21. The first-order chi connectivity index (χ1) is 10.5. The lowest BCUT2D eigenvalue weighted by molar-refractivity contribution is -0.144. The number of aromatic nitrogens is 2. The summed E-state index contributed by atoms with van der Waals surface area (Å²) in [6.45, 7) is 5.61. The predicted octanol–water partition coefficient (Wildman–Crippen LogP) is 2.69. The van der Waals surface area contributed by atoms with Crippen LogP contribution in [0.25, 0.3) is 11.0 Å². The summed E-state index contributed by atoms with van der Waals surface area (Å²) in [7, 11) is 3.98. The fourth-order valence-electron chi connectivity index (χ4n) is 2.29. The Morgan fingerprint density at radius 1 is 1.32 bits per heavy atom. The van der Waals surface area contributed by atoms with Gasteiger partial charge in [-0.3, -0.25) is 4.79 Å². The van der Waals surface area contributed by atoms with Crippen LogP contribution in [0, 0.1) is 5.92 Å². The quantitative estimate of drug-likeness (QED) is 0.738. The molecule has 0 atom stereocenters. The molecule has 0 saturated heterocycles. The standard InChI is InChI=1S/C17H25N3O2/c1-13(2)9-10-22-17(21)12-20-15-8-6-5-7-14(15)18-16(20)11-19(3)4/h5-8,13H,9-12H2,1-4H3. The predicted molar refractivity (Wildman–Crippen MR) is 87.5 cm³/mol. The molecule has 0 aliphatic carbocycles. The lowest BCUT2D eigenvalue weighted by Crippen LogP contribution is -2.20. The van der Waals surface area contributed by atoms with Crippen LogP contribution >= 0.6 is 0 Å². The molecule has 0 saturated carbocycles. The van der Waals surface area contributed by atoms with Crippen LogP contribution in [0.15, 0.2) is 24.3 Å². The van der Waals surface area contributed by atoms with Gasteiger partial charge < -0.3 is 14.2 Å². The van der Waals surface area contributed by atoms with E-state index in [1.165, 1.54) is 0 Å². The van der Waals surface area contributed by atoms with E-state index in [1.807, 2.05) is 47.8 Å². The van der Waals surface area contributed by atoms with E-state index in [4.69, 9.17) is 4.74 Å². The molecule has 0 bridgehead atoms. The van der Waals surface area contributed by atoms with Gasteiger partial charge in [0, 0.05) is 0 Å². The number of rotatable bonds is 7. The van der Waals surface area contributed by atoms with Crippen molar-refractivity contribution in [3.8, 4) is 0 Å². The Kier molecular flexibility index (Phi) is 5.55. The third-order valence-corrected chi connectivity index (χ3v) is 3.44. The number of hydrogen-bond acceptors (Lipinski definition) is 4. The summed E-state index contributed by atoms with van der Waals surface area (Å²) >= 11 is 0. The maximum atomic E-state index is 12.1. The first kappa shape index (κ1) is 16.5. The molecule has 0 unspecified atom stereocenters. The highest BCUT2D eigenvalue weighted by atomic mass is 16.5. The van der Waals surface area contributed by atoms with Gasteiger partial charge in [-0.05, 0) is 38.6 Å². The van der Waals surface area contributed by atoms with Crippen molar-refractivity contribution >= 4 is 17.0 Å². The highest BCUT2D eigenvalue weighted by Gasteiger charge is 2.14. The lowest BCUT2D eigenvalue weighted by atomic mass is 10.1. The van der Waals surface area contributed by atoms with E-state index in [9.17, 15) is 4.79 Å². The average molecular weight is 303 g/mol. The number of para-hydroxylation sites is 2. The van der Waals surface area contributed by atoms with Crippen molar-refractivity contribution in [2.24, 2.45) is 5.92 Å². The molecule has 0 spiro atoms. The number of carbonyl (C=O) groups is 1. The van der Waals surface area contributed by atoms with Crippen LogP contribution in [0.3, 0.4) is 0 Å². The van der Waals surface area contributed by atoms with Crippen LogP contribution in [0.4, 0.5) is 0 Å². The second-order valence-electron chi connectivity index (χ2n) is 6.24. The number of ether oxygens (including phenoxy) is 1. The largest absolute Gasteiger partial charge is 0.464 e. The fourth-order valence-corrected chi connectivity index (χ4v) is 2.29. The van der Waals surface area contributed by atoms with Crippen LogP contribution in [0.1, 0.15) is 26.1 Å². The van der Waals surface area contributed by atoms with Gasteiger partial charge in [-0.25, -0.2) is 4.98 Å². The summed E-state index contributed by atoms with van der Waals surface area (Å²) in [6.07, 6.45) is 0.890. The number of nitrogens with zero attached hydrogens (tertiary/aromatic N) is 3. The van der Waals surface area contributed by atoms with Gasteiger partial charge in [-0.15, -0.1) is 0 Å². The van der Waals surface area contributed by atoms with Gasteiger partial charge in [-0.1, -0.05) is 26.0 Å². The Morgan fingerprint density at radius 2 is 2.05 bits per heavy atom. The summed E-state index contributed by atoms with van der Waals surface area (Å²) < 4.78 is 7.29. The third kappa shape index (κ3) is 4.31. The van der Waals surface area contributed by atoms with E-state index in [0.29, 0.717) is 19.1 Å². The molecule has 0 aliphatic heterocycles. The monoisotopic (exact) mass is 303 g/mol. The molecular formula is C17H25N3O2. The average Bonchev–Trinajstić information content (AvgIpc) is 2.75. The van der Waals surface area contributed by atoms with Crippen molar-refractivity contribution in [1.29, 1.82) is 0 Å². The number of benzene rings is 1. The minimum atomic E-state index is -0.205. The normalized spacial score (nSPS) is 11.5. The first-order valence-electron chi connectivity index (χ1n) is 7.72. The molecule has 0 aliphatic rings. The number of carbonyl (C=O) groups excluding carboxylic acids is 1. The van der Waals surface area contributed by atoms with Gasteiger partial charge in [0.05, 0.1) is 24.2 Å². The maximum Gasteiger partial charge on any atom is 0.326 e. The second kappa shape index (κ2) is 7.40. The molecule has 22 heavy (non-hydrogen) atoms. The van der Waals surface area contributed by atoms with Crippen LogP contribution in [-0.4, -0.2) is 41.1 Å². The lowest BCUT2D eigenvalue weighted by Gasteiger charge is -2.13. The molecule has 5 heteroatoms. The van der Waals surface area contributed by atoms with Gasteiger partial charge in [0.15, 0.2) is 0 Å². The Hall–Kier alpha value is -1.88. The SMILES string of the molecule is CC(C)CCOC(=O)Cn1c(CN(C)C)nc2ccccc21. The molecule has 0 radical (unpaired) electrons. The van der Waals surface area contributed by atoms with Crippen molar-refractivity contribution in [1.82, 2.24) is 14.5 Å². The van der Waals surface area contributed by atoms with Crippen molar-refractivity contribution in [3.63, 3.8) is 0 Å². The zero-order chi connectivity index (χ0) is 16.1. The number of esters is 1. The molecule has 0 fully saturated rings. The number of fused-ring (bicyclic) bond motifs is 1. The summed E-state index contributed by atoms with van der Waals surface area (Å²) in [4.78, 5) is 18.8. The van der Waals surface area contributed by atoms with Gasteiger partial charge in [0.25, 0.3) is 0 Å².